The minimum atomic E-state index is -0.178. The van der Waals surface area contributed by atoms with Gasteiger partial charge < -0.3 is 4.74 Å². The molecule has 2 heterocycles. The first-order valence-electron chi connectivity index (χ1n) is 8.24. The maximum Gasteiger partial charge on any atom is 0.261 e. The van der Waals surface area contributed by atoms with E-state index in [1.807, 2.05) is 36.4 Å². The van der Waals surface area contributed by atoms with Crippen molar-refractivity contribution in [1.29, 1.82) is 0 Å². The molecule has 2 atom stereocenters. The number of rotatable bonds is 5. The maximum absolute atomic E-state index is 12.7. The summed E-state index contributed by atoms with van der Waals surface area (Å²) in [7, 11) is 0. The number of imide groups is 1. The third-order valence-electron chi connectivity index (χ3n) is 4.82. The lowest BCUT2D eigenvalue weighted by Crippen LogP contribution is -2.40. The van der Waals surface area contributed by atoms with E-state index in [0.717, 1.165) is 30.0 Å². The third kappa shape index (κ3) is 2.34. The summed E-state index contributed by atoms with van der Waals surface area (Å²) in [6.07, 6.45) is 3.41. The topological polar surface area (TPSA) is 49.9 Å². The molecule has 2 aromatic rings. The molecule has 23 heavy (non-hydrogen) atoms. The highest BCUT2D eigenvalue weighted by Gasteiger charge is 2.37. The predicted molar refractivity (Wildman–Crippen MR) is 87.5 cm³/mol. The lowest BCUT2D eigenvalue weighted by atomic mass is 9.94. The molecule has 0 bridgehead atoms. The minimum Gasteiger partial charge on any atom is -0.370 e. The molecule has 1 saturated heterocycles. The van der Waals surface area contributed by atoms with Crippen molar-refractivity contribution in [1.82, 2.24) is 4.90 Å². The van der Waals surface area contributed by atoms with Crippen LogP contribution in [0.15, 0.2) is 36.4 Å². The van der Waals surface area contributed by atoms with Gasteiger partial charge >= 0.3 is 0 Å². The Morgan fingerprint density at radius 1 is 1.00 bits per heavy atom. The first-order chi connectivity index (χ1) is 11.2. The summed E-state index contributed by atoms with van der Waals surface area (Å²) in [6.45, 7) is 2.57. The van der Waals surface area contributed by atoms with Crippen LogP contribution in [0, 0.1) is 0 Å². The van der Waals surface area contributed by atoms with E-state index in [0.29, 0.717) is 29.9 Å². The molecule has 2 aliphatic heterocycles. The second kappa shape index (κ2) is 5.46. The van der Waals surface area contributed by atoms with Crippen LogP contribution in [0.3, 0.4) is 0 Å². The largest absolute Gasteiger partial charge is 0.370 e. The average Bonchev–Trinajstić information content (AvgIpc) is 3.34. The van der Waals surface area contributed by atoms with Crippen LogP contribution in [0.4, 0.5) is 0 Å². The summed E-state index contributed by atoms with van der Waals surface area (Å²) in [6, 6.07) is 11.2. The van der Waals surface area contributed by atoms with Gasteiger partial charge in [-0.2, -0.15) is 0 Å². The van der Waals surface area contributed by atoms with Crippen LogP contribution in [-0.2, 0) is 4.74 Å². The quantitative estimate of drug-likeness (QED) is 0.628. The Hall–Kier alpha value is -2.20. The zero-order chi connectivity index (χ0) is 16.0. The van der Waals surface area contributed by atoms with Crippen molar-refractivity contribution in [3.63, 3.8) is 0 Å². The van der Waals surface area contributed by atoms with Gasteiger partial charge in [0.15, 0.2) is 0 Å². The Kier molecular flexibility index (Phi) is 3.42. The van der Waals surface area contributed by atoms with Gasteiger partial charge in [-0.15, -0.1) is 0 Å². The molecule has 1 fully saturated rings. The number of hydrogen-bond acceptors (Lipinski definition) is 3. The second-order valence-electron chi connectivity index (χ2n) is 6.23. The van der Waals surface area contributed by atoms with Crippen molar-refractivity contribution in [3.05, 3.63) is 47.5 Å². The molecule has 0 saturated carbocycles. The molecule has 0 N–H and O–H groups in total. The second-order valence-corrected chi connectivity index (χ2v) is 6.23. The molecule has 2 unspecified atom stereocenters. The van der Waals surface area contributed by atoms with E-state index in [1.165, 1.54) is 4.90 Å². The van der Waals surface area contributed by atoms with Gasteiger partial charge in [-0.05, 0) is 36.8 Å². The van der Waals surface area contributed by atoms with Gasteiger partial charge in [-0.1, -0.05) is 31.2 Å². The van der Waals surface area contributed by atoms with Gasteiger partial charge in [-0.25, -0.2) is 0 Å². The zero-order valence-corrected chi connectivity index (χ0v) is 13.1. The van der Waals surface area contributed by atoms with E-state index in [1.54, 1.807) is 0 Å². The Bertz CT molecular complexity index is 748. The minimum absolute atomic E-state index is 0.178. The maximum atomic E-state index is 12.7. The van der Waals surface area contributed by atoms with E-state index in [9.17, 15) is 9.59 Å². The first-order valence-corrected chi connectivity index (χ1v) is 8.24. The number of amides is 2. The molecule has 0 aromatic heterocycles. The molecule has 2 aromatic carbocycles. The fraction of sp³-hybridized carbons (Fsp3) is 0.368. The van der Waals surface area contributed by atoms with Crippen molar-refractivity contribution in [3.8, 4) is 0 Å². The van der Waals surface area contributed by atoms with Crippen molar-refractivity contribution in [2.45, 2.75) is 38.4 Å². The standard InChI is InChI=1S/C19H19NO3/c1-2-15-16(23-15)10-5-11-20-18(21)13-8-3-6-12-7-4-9-14(17(12)13)19(20)22/h3-4,6-9,15-16H,2,5,10-11H2,1H3. The van der Waals surface area contributed by atoms with Gasteiger partial charge in [0.05, 0.1) is 12.2 Å². The van der Waals surface area contributed by atoms with Crippen LogP contribution in [0.25, 0.3) is 10.8 Å². The highest BCUT2D eigenvalue weighted by molar-refractivity contribution is 6.25. The van der Waals surface area contributed by atoms with Gasteiger partial charge in [0.2, 0.25) is 0 Å². The van der Waals surface area contributed by atoms with Crippen LogP contribution in [0.2, 0.25) is 0 Å². The van der Waals surface area contributed by atoms with Crippen LogP contribution in [0.5, 0.6) is 0 Å². The lowest BCUT2D eigenvalue weighted by Gasteiger charge is -2.27. The van der Waals surface area contributed by atoms with Gasteiger partial charge in [0.1, 0.15) is 0 Å². The monoisotopic (exact) mass is 309 g/mol. The molecular weight excluding hydrogens is 290 g/mol. The molecule has 2 aliphatic rings. The van der Waals surface area contributed by atoms with E-state index in [4.69, 9.17) is 4.74 Å². The summed E-state index contributed by atoms with van der Waals surface area (Å²) >= 11 is 0. The van der Waals surface area contributed by atoms with Crippen molar-refractivity contribution in [2.24, 2.45) is 0 Å². The third-order valence-corrected chi connectivity index (χ3v) is 4.82. The Labute approximate surface area is 135 Å². The van der Waals surface area contributed by atoms with Crippen molar-refractivity contribution in [2.75, 3.05) is 6.54 Å². The van der Waals surface area contributed by atoms with Gasteiger partial charge in [0.25, 0.3) is 11.8 Å². The fourth-order valence-electron chi connectivity index (χ4n) is 3.53. The normalized spacial score (nSPS) is 22.7. The van der Waals surface area contributed by atoms with Gasteiger partial charge in [0, 0.05) is 23.1 Å². The summed E-state index contributed by atoms with van der Waals surface area (Å²) in [5, 5.41) is 1.73. The number of benzene rings is 2. The zero-order valence-electron chi connectivity index (χ0n) is 13.1. The molecular formula is C19H19NO3. The number of carbonyl (C=O) groups is 2. The number of nitrogens with zero attached hydrogens (tertiary/aromatic N) is 1. The first kappa shape index (κ1) is 14.4. The molecule has 0 aliphatic carbocycles. The number of ether oxygens (including phenoxy) is 1. The molecule has 4 nitrogen and oxygen atoms in total. The van der Waals surface area contributed by atoms with Crippen LogP contribution >= 0.6 is 0 Å². The molecule has 118 valence electrons. The van der Waals surface area contributed by atoms with E-state index in [-0.39, 0.29) is 11.8 Å². The van der Waals surface area contributed by atoms with Crippen LogP contribution < -0.4 is 0 Å². The molecule has 4 heteroatoms. The molecule has 0 spiro atoms. The average molecular weight is 309 g/mol. The van der Waals surface area contributed by atoms with E-state index < -0.39 is 0 Å². The summed E-state index contributed by atoms with van der Waals surface area (Å²) in [4.78, 5) is 26.8. The fourth-order valence-corrected chi connectivity index (χ4v) is 3.53. The highest BCUT2D eigenvalue weighted by Crippen LogP contribution is 2.32. The molecule has 0 radical (unpaired) electrons. The lowest BCUT2D eigenvalue weighted by molar-refractivity contribution is 0.0607. The summed E-state index contributed by atoms with van der Waals surface area (Å²) in [5.74, 6) is -0.355. The molecule has 4 rings (SSSR count). The number of carbonyl (C=O) groups excluding carboxylic acids is 2. The number of epoxide rings is 1. The SMILES string of the molecule is CCC1OC1CCCN1C(=O)c2cccc3cccc(c23)C1=O. The van der Waals surface area contributed by atoms with E-state index in [2.05, 4.69) is 6.92 Å². The number of hydrogen-bond donors (Lipinski definition) is 0. The summed E-state index contributed by atoms with van der Waals surface area (Å²) in [5.41, 5.74) is 1.26. The van der Waals surface area contributed by atoms with Crippen LogP contribution in [0.1, 0.15) is 46.9 Å². The van der Waals surface area contributed by atoms with Gasteiger partial charge in [-0.3, -0.25) is 14.5 Å². The molecule has 2 amide bonds. The Balaban J connectivity index is 1.56. The van der Waals surface area contributed by atoms with Crippen molar-refractivity contribution >= 4 is 22.6 Å². The Morgan fingerprint density at radius 2 is 1.65 bits per heavy atom. The smallest absolute Gasteiger partial charge is 0.261 e. The van der Waals surface area contributed by atoms with E-state index >= 15 is 0 Å². The Morgan fingerprint density at radius 3 is 2.22 bits per heavy atom. The highest BCUT2D eigenvalue weighted by atomic mass is 16.6. The predicted octanol–water partition coefficient (Wildman–Crippen LogP) is 3.39. The summed E-state index contributed by atoms with van der Waals surface area (Å²) < 4.78 is 5.52. The van der Waals surface area contributed by atoms with Crippen molar-refractivity contribution < 1.29 is 14.3 Å². The van der Waals surface area contributed by atoms with Crippen LogP contribution in [-0.4, -0.2) is 35.5 Å².